The number of unbranched alkanes of at least 4 members (excludes halogenated alkanes) is 7. The monoisotopic (exact) mass is 476 g/mol. The van der Waals surface area contributed by atoms with Crippen molar-refractivity contribution in [3.63, 3.8) is 0 Å². The van der Waals surface area contributed by atoms with E-state index in [4.69, 9.17) is 4.74 Å². The van der Waals surface area contributed by atoms with Crippen molar-refractivity contribution in [1.82, 2.24) is 9.97 Å². The molecule has 0 radical (unpaired) electrons. The highest BCUT2D eigenvalue weighted by molar-refractivity contribution is 5.91. The normalized spacial score (nSPS) is 10.9. The zero-order valence-corrected chi connectivity index (χ0v) is 21.1. The Morgan fingerprint density at radius 3 is 2.11 bits per heavy atom. The molecule has 0 aliphatic carbocycles. The van der Waals surface area contributed by atoms with Crippen LogP contribution in [0.5, 0.6) is 5.75 Å². The van der Waals surface area contributed by atoms with Gasteiger partial charge in [-0.2, -0.15) is 0 Å². The highest BCUT2D eigenvalue weighted by atomic mass is 19.1. The number of esters is 1. The highest BCUT2D eigenvalue weighted by Gasteiger charge is 2.13. The summed E-state index contributed by atoms with van der Waals surface area (Å²) in [7, 11) is 0. The van der Waals surface area contributed by atoms with Gasteiger partial charge in [0, 0.05) is 18.0 Å². The fourth-order valence-electron chi connectivity index (χ4n) is 4.02. The molecule has 0 saturated carbocycles. The van der Waals surface area contributed by atoms with E-state index >= 15 is 0 Å². The summed E-state index contributed by atoms with van der Waals surface area (Å²) < 4.78 is 20.0. The molecule has 4 nitrogen and oxygen atoms in total. The van der Waals surface area contributed by atoms with E-state index in [0.717, 1.165) is 36.8 Å². The van der Waals surface area contributed by atoms with Gasteiger partial charge in [-0.25, -0.2) is 19.2 Å². The predicted molar refractivity (Wildman–Crippen MR) is 139 cm³/mol. The van der Waals surface area contributed by atoms with E-state index in [2.05, 4.69) is 23.8 Å². The smallest absolute Gasteiger partial charge is 0.343 e. The van der Waals surface area contributed by atoms with Crippen molar-refractivity contribution in [1.29, 1.82) is 0 Å². The molecular formula is C30H37FN2O2. The predicted octanol–water partition coefficient (Wildman–Crippen LogP) is 8.14. The Morgan fingerprint density at radius 2 is 1.43 bits per heavy atom. The van der Waals surface area contributed by atoms with E-state index in [9.17, 15) is 9.18 Å². The van der Waals surface area contributed by atoms with E-state index in [1.165, 1.54) is 44.6 Å². The molecule has 2 aromatic carbocycles. The molecule has 186 valence electrons. The van der Waals surface area contributed by atoms with Gasteiger partial charge in [-0.1, -0.05) is 64.9 Å². The van der Waals surface area contributed by atoms with Gasteiger partial charge < -0.3 is 4.74 Å². The lowest BCUT2D eigenvalue weighted by molar-refractivity contribution is 0.0734. The molecule has 0 fully saturated rings. The van der Waals surface area contributed by atoms with Gasteiger partial charge in [0.15, 0.2) is 5.82 Å². The molecule has 0 bridgehead atoms. The van der Waals surface area contributed by atoms with Crippen molar-refractivity contribution >= 4 is 5.97 Å². The summed E-state index contributed by atoms with van der Waals surface area (Å²) in [6, 6.07) is 11.7. The summed E-state index contributed by atoms with van der Waals surface area (Å²) in [4.78, 5) is 21.5. The molecule has 0 aliphatic heterocycles. The number of aromatic nitrogens is 2. The molecule has 35 heavy (non-hydrogen) atoms. The van der Waals surface area contributed by atoms with Crippen molar-refractivity contribution in [2.45, 2.75) is 84.5 Å². The van der Waals surface area contributed by atoms with E-state index in [1.54, 1.807) is 24.3 Å². The van der Waals surface area contributed by atoms with Gasteiger partial charge in [0.1, 0.15) is 11.6 Å². The summed E-state index contributed by atoms with van der Waals surface area (Å²) in [5.41, 5.74) is 2.84. The summed E-state index contributed by atoms with van der Waals surface area (Å²) in [5, 5.41) is 0. The number of hydrogen-bond donors (Lipinski definition) is 0. The number of carbonyl (C=O) groups is 1. The lowest BCUT2D eigenvalue weighted by atomic mass is 10.0. The van der Waals surface area contributed by atoms with E-state index < -0.39 is 5.97 Å². The first-order valence-corrected chi connectivity index (χ1v) is 13.0. The van der Waals surface area contributed by atoms with Crippen LogP contribution in [-0.4, -0.2) is 15.9 Å². The van der Waals surface area contributed by atoms with E-state index in [1.807, 2.05) is 24.5 Å². The summed E-state index contributed by atoms with van der Waals surface area (Å²) in [6.45, 7) is 4.38. The van der Waals surface area contributed by atoms with Gasteiger partial charge in [-0.15, -0.1) is 0 Å². The minimum Gasteiger partial charge on any atom is -0.423 e. The van der Waals surface area contributed by atoms with Crippen molar-refractivity contribution in [3.05, 3.63) is 77.4 Å². The van der Waals surface area contributed by atoms with Crippen LogP contribution in [0.4, 0.5) is 4.39 Å². The van der Waals surface area contributed by atoms with Gasteiger partial charge >= 0.3 is 5.97 Å². The van der Waals surface area contributed by atoms with E-state index in [-0.39, 0.29) is 11.4 Å². The molecule has 0 spiro atoms. The maximum Gasteiger partial charge on any atom is 0.343 e. The Labute approximate surface area is 209 Å². The molecule has 1 heterocycles. The number of hydrogen-bond acceptors (Lipinski definition) is 4. The molecule has 3 rings (SSSR count). The van der Waals surface area contributed by atoms with Crippen LogP contribution in [-0.2, 0) is 12.8 Å². The summed E-state index contributed by atoms with van der Waals surface area (Å²) in [5.74, 6) is 0.103. The number of benzene rings is 2. The van der Waals surface area contributed by atoms with Crippen molar-refractivity contribution < 1.29 is 13.9 Å². The zero-order chi connectivity index (χ0) is 24.9. The quantitative estimate of drug-likeness (QED) is 0.134. The van der Waals surface area contributed by atoms with Gasteiger partial charge in [0.2, 0.25) is 0 Å². The van der Waals surface area contributed by atoms with Crippen LogP contribution in [0, 0.1) is 5.82 Å². The largest absolute Gasteiger partial charge is 0.423 e. The number of halogens is 1. The molecule has 0 atom stereocenters. The molecular weight excluding hydrogens is 439 g/mol. The fourth-order valence-corrected chi connectivity index (χ4v) is 4.02. The van der Waals surface area contributed by atoms with Crippen molar-refractivity contribution in [2.75, 3.05) is 0 Å². The first kappa shape index (κ1) is 26.5. The SMILES string of the molecule is CCCCCCCCc1ccc(C(=O)Oc2ccc(-c3ncc(CCCCC)cn3)cc2)cc1F. The lowest BCUT2D eigenvalue weighted by Crippen LogP contribution is -2.09. The average Bonchev–Trinajstić information content (AvgIpc) is 2.88. The first-order chi connectivity index (χ1) is 17.1. The van der Waals surface area contributed by atoms with E-state index in [0.29, 0.717) is 23.6 Å². The van der Waals surface area contributed by atoms with Crippen LogP contribution in [0.1, 0.15) is 93.1 Å². The molecule has 0 unspecified atom stereocenters. The number of ether oxygens (including phenoxy) is 1. The molecule has 0 amide bonds. The van der Waals surface area contributed by atoms with Gasteiger partial charge in [0.05, 0.1) is 5.56 Å². The minimum absolute atomic E-state index is 0.209. The van der Waals surface area contributed by atoms with Gasteiger partial charge in [-0.3, -0.25) is 0 Å². The third-order valence-electron chi connectivity index (χ3n) is 6.19. The second-order valence-electron chi connectivity index (χ2n) is 9.11. The lowest BCUT2D eigenvalue weighted by Gasteiger charge is -2.08. The van der Waals surface area contributed by atoms with Crippen molar-refractivity contribution in [3.8, 4) is 17.1 Å². The number of rotatable bonds is 14. The molecule has 5 heteroatoms. The second kappa shape index (κ2) is 14.3. The number of aryl methyl sites for hydroxylation is 2. The number of nitrogens with zero attached hydrogens (tertiary/aromatic N) is 2. The van der Waals surface area contributed by atoms with Crippen LogP contribution >= 0.6 is 0 Å². The van der Waals surface area contributed by atoms with Crippen LogP contribution in [0.3, 0.4) is 0 Å². The zero-order valence-electron chi connectivity index (χ0n) is 21.1. The Bertz CT molecular complexity index is 1050. The van der Waals surface area contributed by atoms with Crippen LogP contribution < -0.4 is 4.74 Å². The third-order valence-corrected chi connectivity index (χ3v) is 6.19. The Morgan fingerprint density at radius 1 is 0.800 bits per heavy atom. The van der Waals surface area contributed by atoms with Crippen molar-refractivity contribution in [2.24, 2.45) is 0 Å². The maximum atomic E-state index is 14.5. The minimum atomic E-state index is -0.574. The van der Waals surface area contributed by atoms with Crippen LogP contribution in [0.2, 0.25) is 0 Å². The Balaban J connectivity index is 1.52. The van der Waals surface area contributed by atoms with Crippen LogP contribution in [0.15, 0.2) is 54.9 Å². The highest BCUT2D eigenvalue weighted by Crippen LogP contribution is 2.21. The Kier molecular flexibility index (Phi) is 10.9. The number of carbonyl (C=O) groups excluding carboxylic acids is 1. The molecule has 3 aromatic rings. The van der Waals surface area contributed by atoms with Gasteiger partial charge in [-0.05, 0) is 73.2 Å². The average molecular weight is 477 g/mol. The fraction of sp³-hybridized carbons (Fsp3) is 0.433. The van der Waals surface area contributed by atoms with Gasteiger partial charge in [0.25, 0.3) is 0 Å². The maximum absolute atomic E-state index is 14.5. The third kappa shape index (κ3) is 8.57. The molecule has 1 aromatic heterocycles. The second-order valence-corrected chi connectivity index (χ2v) is 9.11. The standard InChI is InChI=1S/C30H37FN2O2/c1-3-5-7-8-9-11-13-24-14-15-26(20-28(24)31)30(34)35-27-18-16-25(17-19-27)29-32-21-23(22-33-29)12-10-6-4-2/h14-22H,3-13H2,1-2H3. The topological polar surface area (TPSA) is 52.1 Å². The molecule has 0 aliphatic rings. The van der Waals surface area contributed by atoms with Crippen LogP contribution in [0.25, 0.3) is 11.4 Å². The molecule has 0 N–H and O–H groups in total. The Hall–Kier alpha value is -3.08. The summed E-state index contributed by atoms with van der Waals surface area (Å²) >= 11 is 0. The molecule has 0 saturated heterocycles. The first-order valence-electron chi connectivity index (χ1n) is 13.0. The summed E-state index contributed by atoms with van der Waals surface area (Å²) in [6.07, 6.45) is 15.9.